The number of hydrogen-bond donors (Lipinski definition) is 0. The number of rotatable bonds is 6. The number of carbonyl (C=O) groups excluding carboxylic acids is 1. The average Bonchev–Trinajstić information content (AvgIpc) is 2.64. The molecule has 2 rings (SSSR count). The zero-order valence-corrected chi connectivity index (χ0v) is 22.5. The third-order valence-electron chi connectivity index (χ3n) is 6.66. The second-order valence-corrected chi connectivity index (χ2v) is 14.5. The summed E-state index contributed by atoms with van der Waals surface area (Å²) in [5.74, 6) is 0.723. The molecule has 0 aromatic heterocycles. The van der Waals surface area contributed by atoms with E-state index < -0.39 is 9.84 Å². The Hall–Kier alpha value is -0.460. The summed E-state index contributed by atoms with van der Waals surface area (Å²) in [6.07, 6.45) is 7.54. The number of sulfone groups is 1. The van der Waals surface area contributed by atoms with Crippen molar-refractivity contribution in [2.75, 3.05) is 45.5 Å². The number of Topliss-reactive ketones (excluding diaryl/α,β-unsaturated/α-hetero) is 1. The molecule has 184 valence electrons. The first-order valence-electron chi connectivity index (χ1n) is 12.2. The lowest BCUT2D eigenvalue weighted by Gasteiger charge is -2.32. The van der Waals surface area contributed by atoms with Crippen LogP contribution in [0.5, 0.6) is 0 Å². The zero-order chi connectivity index (χ0) is 23.9. The van der Waals surface area contributed by atoms with Crippen molar-refractivity contribution in [1.29, 1.82) is 0 Å². The number of likely N-dealkylation sites (tertiary alicyclic amines) is 2. The number of piperidine rings is 2. The molecule has 0 amide bonds. The SMILES string of the molecule is CC(=O)C1CCN(CCC(C)(C)C)CC1.CC(C)(C)CCN1CCC(S(C)(=O)=O)CC1. The molecule has 31 heavy (non-hydrogen) atoms. The molecule has 6 heteroatoms. The van der Waals surface area contributed by atoms with Gasteiger partial charge in [0.2, 0.25) is 0 Å². The second-order valence-electron chi connectivity index (χ2n) is 12.2. The van der Waals surface area contributed by atoms with Crippen LogP contribution in [0.25, 0.3) is 0 Å². The van der Waals surface area contributed by atoms with Crippen molar-refractivity contribution in [3.8, 4) is 0 Å². The van der Waals surface area contributed by atoms with E-state index in [-0.39, 0.29) is 5.25 Å². The predicted molar refractivity (Wildman–Crippen MR) is 132 cm³/mol. The van der Waals surface area contributed by atoms with Crippen LogP contribution in [-0.2, 0) is 14.6 Å². The van der Waals surface area contributed by atoms with E-state index in [1.54, 1.807) is 6.92 Å². The molecule has 2 aliphatic heterocycles. The number of hydrogen-bond acceptors (Lipinski definition) is 5. The molecule has 0 saturated carbocycles. The van der Waals surface area contributed by atoms with Crippen LogP contribution in [0.1, 0.15) is 87.0 Å². The highest BCUT2D eigenvalue weighted by atomic mass is 32.2. The van der Waals surface area contributed by atoms with E-state index in [0.29, 0.717) is 22.5 Å². The highest BCUT2D eigenvalue weighted by Crippen LogP contribution is 2.23. The Labute approximate surface area is 193 Å². The lowest BCUT2D eigenvalue weighted by molar-refractivity contribution is -0.122. The van der Waals surface area contributed by atoms with E-state index in [0.717, 1.165) is 58.4 Å². The third-order valence-corrected chi connectivity index (χ3v) is 8.34. The number of carbonyl (C=O) groups is 1. The Balaban J connectivity index is 0.000000311. The maximum absolute atomic E-state index is 11.4. The molecule has 0 radical (unpaired) electrons. The van der Waals surface area contributed by atoms with Gasteiger partial charge in [-0.1, -0.05) is 41.5 Å². The van der Waals surface area contributed by atoms with Gasteiger partial charge in [0, 0.05) is 12.2 Å². The van der Waals surface area contributed by atoms with Crippen molar-refractivity contribution in [3.05, 3.63) is 0 Å². The lowest BCUT2D eigenvalue weighted by Crippen LogP contribution is -2.40. The lowest BCUT2D eigenvalue weighted by atomic mass is 9.90. The van der Waals surface area contributed by atoms with Gasteiger partial charge in [0.1, 0.15) is 15.6 Å². The Bertz CT molecular complexity index is 631. The summed E-state index contributed by atoms with van der Waals surface area (Å²) in [4.78, 5) is 16.1. The summed E-state index contributed by atoms with van der Waals surface area (Å²) in [7, 11) is -2.82. The smallest absolute Gasteiger partial charge is 0.150 e. The van der Waals surface area contributed by atoms with Crippen LogP contribution in [0, 0.1) is 16.7 Å². The standard InChI is InChI=1S/C13H25NO.C12H25NO2S/c1-11(15)12-5-8-14(9-6-12)10-7-13(2,3)4;1-12(2,3)7-10-13-8-5-11(6-9-13)16(4,14)15/h12H,5-10H2,1-4H3;11H,5-10H2,1-4H3. The van der Waals surface area contributed by atoms with Crippen molar-refractivity contribution in [2.45, 2.75) is 92.2 Å². The maximum Gasteiger partial charge on any atom is 0.150 e. The fourth-order valence-electron chi connectivity index (χ4n) is 4.11. The molecular weight excluding hydrogens is 408 g/mol. The van der Waals surface area contributed by atoms with Crippen LogP contribution in [-0.4, -0.2) is 74.8 Å². The van der Waals surface area contributed by atoms with Gasteiger partial charge in [-0.25, -0.2) is 8.42 Å². The Morgan fingerprint density at radius 1 is 0.774 bits per heavy atom. The molecule has 0 atom stereocenters. The topological polar surface area (TPSA) is 57.7 Å². The van der Waals surface area contributed by atoms with E-state index >= 15 is 0 Å². The van der Waals surface area contributed by atoms with Crippen LogP contribution in [0.4, 0.5) is 0 Å². The minimum Gasteiger partial charge on any atom is -0.303 e. The van der Waals surface area contributed by atoms with Crippen LogP contribution >= 0.6 is 0 Å². The molecule has 0 bridgehead atoms. The molecule has 0 aromatic rings. The summed E-state index contributed by atoms with van der Waals surface area (Å²) in [6, 6.07) is 0. The molecule has 2 heterocycles. The number of nitrogens with zero attached hydrogens (tertiary/aromatic N) is 2. The van der Waals surface area contributed by atoms with Gasteiger partial charge in [-0.3, -0.25) is 4.79 Å². The molecule has 0 N–H and O–H groups in total. The largest absolute Gasteiger partial charge is 0.303 e. The van der Waals surface area contributed by atoms with Crippen LogP contribution < -0.4 is 0 Å². The molecule has 0 aromatic carbocycles. The molecule has 0 aliphatic carbocycles. The monoisotopic (exact) mass is 458 g/mol. The van der Waals surface area contributed by atoms with Gasteiger partial charge in [-0.05, 0) is 95.5 Å². The highest BCUT2D eigenvalue weighted by molar-refractivity contribution is 7.91. The first-order valence-corrected chi connectivity index (χ1v) is 14.2. The molecule has 5 nitrogen and oxygen atoms in total. The maximum atomic E-state index is 11.4. The summed E-state index contributed by atoms with van der Waals surface area (Å²) in [5.41, 5.74) is 0.797. The van der Waals surface area contributed by atoms with Gasteiger partial charge >= 0.3 is 0 Å². The molecule has 0 unspecified atom stereocenters. The van der Waals surface area contributed by atoms with Gasteiger partial charge in [0.15, 0.2) is 0 Å². The first kappa shape index (κ1) is 28.6. The van der Waals surface area contributed by atoms with E-state index in [2.05, 4.69) is 51.3 Å². The van der Waals surface area contributed by atoms with Gasteiger partial charge < -0.3 is 9.80 Å². The minimum atomic E-state index is -2.82. The quantitative estimate of drug-likeness (QED) is 0.580. The second kappa shape index (κ2) is 12.1. The number of ketones is 1. The summed E-state index contributed by atoms with van der Waals surface area (Å²) >= 11 is 0. The van der Waals surface area contributed by atoms with Crippen LogP contribution in [0.3, 0.4) is 0 Å². The Morgan fingerprint density at radius 2 is 1.13 bits per heavy atom. The van der Waals surface area contributed by atoms with Gasteiger partial charge in [0.05, 0.1) is 5.25 Å². The molecule has 0 spiro atoms. The van der Waals surface area contributed by atoms with Gasteiger partial charge in [0.25, 0.3) is 0 Å². The van der Waals surface area contributed by atoms with Crippen molar-refractivity contribution >= 4 is 15.6 Å². The Morgan fingerprint density at radius 3 is 1.42 bits per heavy atom. The van der Waals surface area contributed by atoms with Crippen molar-refractivity contribution in [1.82, 2.24) is 9.80 Å². The van der Waals surface area contributed by atoms with Gasteiger partial charge in [-0.15, -0.1) is 0 Å². The predicted octanol–water partition coefficient (Wildman–Crippen LogP) is 4.66. The fraction of sp³-hybridized carbons (Fsp3) is 0.960. The van der Waals surface area contributed by atoms with Crippen molar-refractivity contribution in [2.24, 2.45) is 16.7 Å². The van der Waals surface area contributed by atoms with Gasteiger partial charge in [-0.2, -0.15) is 0 Å². The fourth-order valence-corrected chi connectivity index (χ4v) is 5.18. The summed E-state index contributed by atoms with van der Waals surface area (Å²) < 4.78 is 22.8. The highest BCUT2D eigenvalue weighted by Gasteiger charge is 2.27. The van der Waals surface area contributed by atoms with Crippen LogP contribution in [0.15, 0.2) is 0 Å². The van der Waals surface area contributed by atoms with E-state index in [9.17, 15) is 13.2 Å². The third kappa shape index (κ3) is 13.0. The van der Waals surface area contributed by atoms with Crippen LogP contribution in [0.2, 0.25) is 0 Å². The summed E-state index contributed by atoms with van der Waals surface area (Å²) in [6.45, 7) is 21.7. The first-order chi connectivity index (χ1) is 14.1. The molecule has 2 aliphatic rings. The van der Waals surface area contributed by atoms with Crippen molar-refractivity contribution in [3.63, 3.8) is 0 Å². The van der Waals surface area contributed by atoms with Crippen molar-refractivity contribution < 1.29 is 13.2 Å². The zero-order valence-electron chi connectivity index (χ0n) is 21.7. The Kier molecular flexibility index (Phi) is 11.2. The molecular formula is C25H50N2O3S. The van der Waals surface area contributed by atoms with E-state index in [4.69, 9.17) is 0 Å². The minimum absolute atomic E-state index is 0.0987. The normalized spacial score (nSPS) is 20.9. The van der Waals surface area contributed by atoms with E-state index in [1.807, 2.05) is 0 Å². The summed E-state index contributed by atoms with van der Waals surface area (Å²) in [5, 5.41) is -0.0987. The van der Waals surface area contributed by atoms with E-state index in [1.165, 1.54) is 25.6 Å². The molecule has 2 fully saturated rings. The average molecular weight is 459 g/mol. The molecule has 2 saturated heterocycles.